The van der Waals surface area contributed by atoms with Gasteiger partial charge in [-0.15, -0.1) is 0 Å². The number of benzene rings is 3. The van der Waals surface area contributed by atoms with Crippen LogP contribution in [0.2, 0.25) is 0 Å². The third-order valence-corrected chi connectivity index (χ3v) is 5.59. The Morgan fingerprint density at radius 3 is 2.44 bits per heavy atom. The predicted octanol–water partition coefficient (Wildman–Crippen LogP) is 5.61. The van der Waals surface area contributed by atoms with Crippen LogP contribution in [0.5, 0.6) is 0 Å². The molecule has 0 radical (unpaired) electrons. The van der Waals surface area contributed by atoms with Crippen molar-refractivity contribution < 1.29 is 0 Å². The van der Waals surface area contributed by atoms with Gasteiger partial charge in [-0.1, -0.05) is 65.4 Å². The second kappa shape index (κ2) is 7.33. The van der Waals surface area contributed by atoms with E-state index in [1.807, 2.05) is 30.3 Å². The fourth-order valence-electron chi connectivity index (χ4n) is 3.06. The lowest BCUT2D eigenvalue weighted by molar-refractivity contribution is 0.957. The molecule has 0 fully saturated rings. The van der Waals surface area contributed by atoms with Crippen molar-refractivity contribution in [1.82, 2.24) is 4.98 Å². The van der Waals surface area contributed by atoms with Crippen LogP contribution in [-0.4, -0.2) is 4.98 Å². The van der Waals surface area contributed by atoms with Crippen LogP contribution in [0, 0.1) is 13.8 Å². The van der Waals surface area contributed by atoms with Crippen LogP contribution in [0.15, 0.2) is 77.6 Å². The van der Waals surface area contributed by atoms with Gasteiger partial charge in [0.1, 0.15) is 0 Å². The highest BCUT2D eigenvalue weighted by Gasteiger charge is 2.15. The van der Waals surface area contributed by atoms with E-state index in [1.165, 1.54) is 16.7 Å². The normalized spacial score (nSPS) is 10.9. The summed E-state index contributed by atoms with van der Waals surface area (Å²) in [7, 11) is 0. The summed E-state index contributed by atoms with van der Waals surface area (Å²) in [6.45, 7) is 4.81. The lowest BCUT2D eigenvalue weighted by Crippen LogP contribution is -2.20. The number of aryl methyl sites for hydroxylation is 2. The molecule has 0 unspecified atom stereocenters. The Morgan fingerprint density at radius 2 is 1.67 bits per heavy atom. The van der Waals surface area contributed by atoms with Gasteiger partial charge in [-0.3, -0.25) is 4.79 Å². The zero-order valence-corrected chi connectivity index (χ0v) is 16.2. The van der Waals surface area contributed by atoms with Gasteiger partial charge >= 0.3 is 0 Å². The summed E-state index contributed by atoms with van der Waals surface area (Å²) >= 11 is 1.55. The molecule has 0 atom stereocenters. The Kier molecular flexibility index (Phi) is 4.73. The zero-order valence-electron chi connectivity index (χ0n) is 15.3. The largest absolute Gasteiger partial charge is 0.313 e. The van der Waals surface area contributed by atoms with E-state index in [9.17, 15) is 4.79 Å². The molecular weight excluding hydrogens is 352 g/mol. The standard InChI is InChI=1S/C23H20N2OS/c1-16-10-12-18(13-11-16)15-25(19-7-5-6-17(2)14-19)23-24-22(26)20-8-3-4-9-21(20)27-23/h3-14H,15H2,1-2H3. The van der Waals surface area contributed by atoms with Crippen molar-refractivity contribution in [3.63, 3.8) is 0 Å². The molecule has 0 aliphatic carbocycles. The molecule has 27 heavy (non-hydrogen) atoms. The van der Waals surface area contributed by atoms with E-state index in [0.717, 1.165) is 10.4 Å². The highest BCUT2D eigenvalue weighted by molar-refractivity contribution is 7.21. The van der Waals surface area contributed by atoms with Crippen molar-refractivity contribution in [1.29, 1.82) is 0 Å². The predicted molar refractivity (Wildman–Crippen MR) is 114 cm³/mol. The van der Waals surface area contributed by atoms with Crippen molar-refractivity contribution in [2.45, 2.75) is 20.4 Å². The Labute approximate surface area is 162 Å². The third-order valence-electron chi connectivity index (χ3n) is 4.52. The van der Waals surface area contributed by atoms with Crippen LogP contribution in [0.3, 0.4) is 0 Å². The molecule has 1 heterocycles. The average Bonchev–Trinajstić information content (AvgIpc) is 2.67. The maximum absolute atomic E-state index is 12.6. The van der Waals surface area contributed by atoms with E-state index in [1.54, 1.807) is 11.3 Å². The number of nitrogens with zero attached hydrogens (tertiary/aromatic N) is 2. The SMILES string of the molecule is Cc1ccc(CN(c2cccc(C)c2)c2nc(=O)c3ccccc3s2)cc1. The molecule has 4 rings (SSSR count). The van der Waals surface area contributed by atoms with E-state index in [4.69, 9.17) is 0 Å². The Morgan fingerprint density at radius 1 is 0.889 bits per heavy atom. The number of anilines is 2. The highest BCUT2D eigenvalue weighted by atomic mass is 32.1. The van der Waals surface area contributed by atoms with Crippen molar-refractivity contribution in [2.75, 3.05) is 4.90 Å². The van der Waals surface area contributed by atoms with Gasteiger partial charge in [-0.25, -0.2) is 0 Å². The van der Waals surface area contributed by atoms with E-state index in [-0.39, 0.29) is 5.56 Å². The molecule has 4 aromatic rings. The van der Waals surface area contributed by atoms with Crippen molar-refractivity contribution in [2.24, 2.45) is 0 Å². The lowest BCUT2D eigenvalue weighted by Gasteiger charge is -2.24. The molecular formula is C23H20N2OS. The fraction of sp³-hybridized carbons (Fsp3) is 0.130. The number of hydrogen-bond acceptors (Lipinski definition) is 4. The zero-order chi connectivity index (χ0) is 18.8. The lowest BCUT2D eigenvalue weighted by atomic mass is 10.1. The molecule has 3 nitrogen and oxygen atoms in total. The molecule has 1 aromatic heterocycles. The topological polar surface area (TPSA) is 33.2 Å². The van der Waals surface area contributed by atoms with Gasteiger partial charge in [0.25, 0.3) is 5.56 Å². The second-order valence-corrected chi connectivity index (χ2v) is 7.72. The quantitative estimate of drug-likeness (QED) is 0.467. The van der Waals surface area contributed by atoms with Crippen LogP contribution in [0.1, 0.15) is 16.7 Å². The number of rotatable bonds is 4. The minimum Gasteiger partial charge on any atom is -0.313 e. The summed E-state index contributed by atoms with van der Waals surface area (Å²) in [5.41, 5.74) is 4.44. The third kappa shape index (κ3) is 3.76. The molecule has 0 amide bonds. The molecule has 0 saturated heterocycles. The number of hydrogen-bond donors (Lipinski definition) is 0. The first-order valence-corrected chi connectivity index (χ1v) is 9.71. The monoisotopic (exact) mass is 372 g/mol. The fourth-order valence-corrected chi connectivity index (χ4v) is 4.07. The van der Waals surface area contributed by atoms with Gasteiger partial charge in [0.15, 0.2) is 5.13 Å². The van der Waals surface area contributed by atoms with Gasteiger partial charge in [-0.05, 0) is 49.2 Å². The molecule has 0 saturated carbocycles. The van der Waals surface area contributed by atoms with Gasteiger partial charge in [0.05, 0.1) is 11.9 Å². The summed E-state index contributed by atoms with van der Waals surface area (Å²) in [5.74, 6) is 0. The van der Waals surface area contributed by atoms with Gasteiger partial charge in [0, 0.05) is 10.4 Å². The first-order valence-electron chi connectivity index (χ1n) is 8.90. The van der Waals surface area contributed by atoms with E-state index >= 15 is 0 Å². The first-order chi connectivity index (χ1) is 13.1. The van der Waals surface area contributed by atoms with E-state index in [2.05, 4.69) is 66.2 Å². The van der Waals surface area contributed by atoms with Crippen LogP contribution in [0.4, 0.5) is 10.8 Å². The molecule has 3 aromatic carbocycles. The Bertz CT molecular complexity index is 1150. The molecule has 0 aliphatic heterocycles. The molecule has 4 heteroatoms. The summed E-state index contributed by atoms with van der Waals surface area (Å²) < 4.78 is 0.953. The Balaban J connectivity index is 1.84. The van der Waals surface area contributed by atoms with E-state index < -0.39 is 0 Å². The van der Waals surface area contributed by atoms with Gasteiger partial charge in [0.2, 0.25) is 0 Å². The van der Waals surface area contributed by atoms with Crippen LogP contribution in [0.25, 0.3) is 10.1 Å². The van der Waals surface area contributed by atoms with E-state index in [0.29, 0.717) is 17.1 Å². The molecule has 0 spiro atoms. The van der Waals surface area contributed by atoms with Crippen LogP contribution < -0.4 is 10.5 Å². The average molecular weight is 372 g/mol. The van der Waals surface area contributed by atoms with Crippen LogP contribution >= 0.6 is 11.3 Å². The molecule has 0 bridgehead atoms. The molecule has 0 aliphatic rings. The summed E-state index contributed by atoms with van der Waals surface area (Å²) in [5, 5.41) is 1.38. The minimum atomic E-state index is -0.180. The molecule has 0 N–H and O–H groups in total. The summed E-state index contributed by atoms with van der Waals surface area (Å²) in [6, 6.07) is 24.4. The van der Waals surface area contributed by atoms with Gasteiger partial charge in [-0.2, -0.15) is 4.98 Å². The highest BCUT2D eigenvalue weighted by Crippen LogP contribution is 2.31. The summed E-state index contributed by atoms with van der Waals surface area (Å²) in [4.78, 5) is 19.1. The smallest absolute Gasteiger partial charge is 0.281 e. The van der Waals surface area contributed by atoms with Crippen molar-refractivity contribution >= 4 is 32.2 Å². The maximum Gasteiger partial charge on any atom is 0.281 e. The minimum absolute atomic E-state index is 0.180. The van der Waals surface area contributed by atoms with Crippen molar-refractivity contribution in [3.8, 4) is 0 Å². The maximum atomic E-state index is 12.6. The second-order valence-electron chi connectivity index (χ2n) is 6.71. The van der Waals surface area contributed by atoms with Crippen LogP contribution in [-0.2, 0) is 6.54 Å². The number of aromatic nitrogens is 1. The Hall–Kier alpha value is -2.98. The molecule has 134 valence electrons. The first kappa shape index (κ1) is 17.4. The van der Waals surface area contributed by atoms with Gasteiger partial charge < -0.3 is 4.90 Å². The van der Waals surface area contributed by atoms with Crippen molar-refractivity contribution in [3.05, 3.63) is 99.8 Å². The number of fused-ring (bicyclic) bond motifs is 1. The summed E-state index contributed by atoms with van der Waals surface area (Å²) in [6.07, 6.45) is 0.